The summed E-state index contributed by atoms with van der Waals surface area (Å²) in [5.41, 5.74) is 6.62. The molecule has 0 unspecified atom stereocenters. The molecule has 1 aromatic heterocycles. The van der Waals surface area contributed by atoms with Crippen LogP contribution in [-0.2, 0) is 12.8 Å². The number of amides is 2. The van der Waals surface area contributed by atoms with Crippen LogP contribution >= 0.6 is 0 Å². The molecule has 192 valence electrons. The molecular weight excluding hydrogens is 462 g/mol. The molecule has 0 bridgehead atoms. The zero-order chi connectivity index (χ0) is 25.8. The van der Waals surface area contributed by atoms with Crippen molar-refractivity contribution in [2.45, 2.75) is 45.6 Å². The number of rotatable bonds is 7. The number of benzene rings is 3. The second kappa shape index (κ2) is 11.0. The molecule has 5 rings (SSSR count). The highest BCUT2D eigenvalue weighted by molar-refractivity contribution is 6.03. The van der Waals surface area contributed by atoms with Crippen molar-refractivity contribution in [3.05, 3.63) is 71.8 Å². The number of hydrogen-bond donors (Lipinski definition) is 3. The van der Waals surface area contributed by atoms with Crippen LogP contribution in [0, 0.1) is 0 Å². The smallest absolute Gasteiger partial charge is 0.323 e. The number of piperidine rings is 1. The Kier molecular flexibility index (Phi) is 7.42. The van der Waals surface area contributed by atoms with Gasteiger partial charge in [-0.1, -0.05) is 32.0 Å². The Morgan fingerprint density at radius 3 is 2.38 bits per heavy atom. The molecule has 37 heavy (non-hydrogen) atoms. The fourth-order valence-corrected chi connectivity index (χ4v) is 4.98. The summed E-state index contributed by atoms with van der Waals surface area (Å²) in [6.45, 7) is 6.34. The van der Waals surface area contributed by atoms with Crippen molar-refractivity contribution in [2.75, 3.05) is 30.8 Å². The van der Waals surface area contributed by atoms with Crippen LogP contribution in [0.5, 0.6) is 5.75 Å². The topological polar surface area (TPSA) is 82.3 Å². The monoisotopic (exact) mass is 497 g/mol. The molecule has 0 saturated carbocycles. The maximum absolute atomic E-state index is 12.9. The second-order valence-electron chi connectivity index (χ2n) is 9.71. The number of carbonyl (C=O) groups is 1. The molecule has 0 spiro atoms. The predicted molar refractivity (Wildman–Crippen MR) is 151 cm³/mol. The number of para-hydroxylation sites is 1. The van der Waals surface area contributed by atoms with Crippen LogP contribution in [0.3, 0.4) is 0 Å². The van der Waals surface area contributed by atoms with Gasteiger partial charge in [0.1, 0.15) is 11.9 Å². The summed E-state index contributed by atoms with van der Waals surface area (Å²) < 4.78 is 6.20. The van der Waals surface area contributed by atoms with Crippen LogP contribution in [-0.4, -0.2) is 47.4 Å². The molecular formula is C30H35N5O2. The normalized spacial score (nSPS) is 14.6. The zero-order valence-electron chi connectivity index (χ0n) is 21.8. The van der Waals surface area contributed by atoms with Gasteiger partial charge in [0.25, 0.3) is 0 Å². The Hall–Kier alpha value is -3.84. The molecule has 0 aliphatic carbocycles. The van der Waals surface area contributed by atoms with Crippen LogP contribution in [0.2, 0.25) is 0 Å². The van der Waals surface area contributed by atoms with Gasteiger partial charge in [-0.3, -0.25) is 5.10 Å². The van der Waals surface area contributed by atoms with Crippen molar-refractivity contribution in [3.63, 3.8) is 0 Å². The van der Waals surface area contributed by atoms with E-state index in [2.05, 4.69) is 58.8 Å². The number of hydrogen-bond acceptors (Lipinski definition) is 4. The number of carbonyl (C=O) groups excluding carboxylic acids is 1. The van der Waals surface area contributed by atoms with Gasteiger partial charge in [-0.2, -0.15) is 5.10 Å². The highest BCUT2D eigenvalue weighted by Crippen LogP contribution is 2.30. The fourth-order valence-electron chi connectivity index (χ4n) is 4.98. The number of ether oxygens (including phenoxy) is 1. The number of H-pyrrole nitrogens is 1. The number of fused-ring (bicyclic) bond motifs is 1. The van der Waals surface area contributed by atoms with E-state index in [0.29, 0.717) is 5.69 Å². The number of aromatic amines is 1. The summed E-state index contributed by atoms with van der Waals surface area (Å²) in [6.07, 6.45) is 4.08. The first-order valence-corrected chi connectivity index (χ1v) is 13.2. The number of anilines is 2. The maximum Gasteiger partial charge on any atom is 0.323 e. The van der Waals surface area contributed by atoms with E-state index in [1.165, 1.54) is 0 Å². The van der Waals surface area contributed by atoms with Crippen LogP contribution in [0.15, 0.2) is 60.7 Å². The van der Waals surface area contributed by atoms with Gasteiger partial charge in [0, 0.05) is 35.4 Å². The molecule has 1 fully saturated rings. The molecule has 2 amide bonds. The van der Waals surface area contributed by atoms with Crippen molar-refractivity contribution in [1.82, 2.24) is 15.1 Å². The van der Waals surface area contributed by atoms with Crippen molar-refractivity contribution in [1.29, 1.82) is 0 Å². The third-order valence-corrected chi connectivity index (χ3v) is 7.15. The first kappa shape index (κ1) is 24.8. The molecule has 0 radical (unpaired) electrons. The van der Waals surface area contributed by atoms with Crippen LogP contribution < -0.4 is 15.4 Å². The first-order valence-electron chi connectivity index (χ1n) is 13.2. The van der Waals surface area contributed by atoms with E-state index in [-0.39, 0.29) is 12.1 Å². The molecule has 7 heteroatoms. The molecule has 4 aromatic rings. The Bertz CT molecular complexity index is 1350. The average molecular weight is 498 g/mol. The van der Waals surface area contributed by atoms with E-state index in [1.807, 2.05) is 48.5 Å². The summed E-state index contributed by atoms with van der Waals surface area (Å²) in [4.78, 5) is 15.2. The maximum atomic E-state index is 12.9. The van der Waals surface area contributed by atoms with E-state index in [9.17, 15) is 4.79 Å². The highest BCUT2D eigenvalue weighted by atomic mass is 16.5. The highest BCUT2D eigenvalue weighted by Gasteiger charge is 2.18. The van der Waals surface area contributed by atoms with Gasteiger partial charge in [-0.15, -0.1) is 0 Å². The van der Waals surface area contributed by atoms with Crippen molar-refractivity contribution < 1.29 is 9.53 Å². The number of urea groups is 1. The van der Waals surface area contributed by atoms with Crippen molar-refractivity contribution in [2.24, 2.45) is 0 Å². The third kappa shape index (κ3) is 5.62. The fraction of sp³-hybridized carbons (Fsp3) is 0.333. The van der Waals surface area contributed by atoms with Crippen LogP contribution in [0.4, 0.5) is 16.2 Å². The minimum Gasteiger partial charge on any atom is -0.490 e. The SMILES string of the molecule is CCc1cccc(CC)c1NC(=O)Nc1ccc2[nH]nc(-c3ccc(OC4CCN(C)CC4)cc3)c2c1. The Morgan fingerprint density at radius 2 is 1.70 bits per heavy atom. The second-order valence-corrected chi connectivity index (χ2v) is 9.71. The van der Waals surface area contributed by atoms with Gasteiger partial charge in [-0.05, 0) is 86.3 Å². The average Bonchev–Trinajstić information content (AvgIpc) is 3.34. The summed E-state index contributed by atoms with van der Waals surface area (Å²) >= 11 is 0. The van der Waals surface area contributed by atoms with Crippen LogP contribution in [0.1, 0.15) is 37.8 Å². The van der Waals surface area contributed by atoms with Gasteiger partial charge in [-0.25, -0.2) is 4.79 Å². The van der Waals surface area contributed by atoms with Gasteiger partial charge in [0.2, 0.25) is 0 Å². The number of nitrogens with zero attached hydrogens (tertiary/aromatic N) is 2. The standard InChI is InChI=1S/C30H35N5O2/c1-4-20-7-6-8-21(5-2)28(20)32-30(36)31-23-11-14-27-26(19-23)29(34-33-27)22-9-12-24(13-10-22)37-25-15-17-35(3)18-16-25/h6-14,19,25H,4-5,15-18H2,1-3H3,(H,33,34)(H2,31,32,36). The van der Waals surface area contributed by atoms with Gasteiger partial charge < -0.3 is 20.3 Å². The molecule has 3 aromatic carbocycles. The van der Waals surface area contributed by atoms with Gasteiger partial charge in [0.05, 0.1) is 11.2 Å². The molecule has 7 nitrogen and oxygen atoms in total. The molecule has 0 atom stereocenters. The van der Waals surface area contributed by atoms with E-state index in [4.69, 9.17) is 4.74 Å². The number of aromatic nitrogens is 2. The summed E-state index contributed by atoms with van der Waals surface area (Å²) in [5, 5.41) is 14.7. The lowest BCUT2D eigenvalue weighted by atomic mass is 10.0. The summed E-state index contributed by atoms with van der Waals surface area (Å²) in [5.74, 6) is 0.885. The molecule has 1 saturated heterocycles. The summed E-state index contributed by atoms with van der Waals surface area (Å²) in [6, 6.07) is 19.8. The minimum atomic E-state index is -0.254. The quantitative estimate of drug-likeness (QED) is 0.273. The van der Waals surface area contributed by atoms with E-state index < -0.39 is 0 Å². The zero-order valence-corrected chi connectivity index (χ0v) is 21.8. The first-order chi connectivity index (χ1) is 18.0. The molecule has 3 N–H and O–H groups in total. The third-order valence-electron chi connectivity index (χ3n) is 7.15. The van der Waals surface area contributed by atoms with E-state index >= 15 is 0 Å². The lowest BCUT2D eigenvalue weighted by molar-refractivity contribution is 0.114. The minimum absolute atomic E-state index is 0.254. The lowest BCUT2D eigenvalue weighted by Crippen LogP contribution is -2.35. The van der Waals surface area contributed by atoms with E-state index in [0.717, 1.165) is 83.5 Å². The lowest BCUT2D eigenvalue weighted by Gasteiger charge is -2.29. The van der Waals surface area contributed by atoms with Crippen LogP contribution in [0.25, 0.3) is 22.2 Å². The van der Waals surface area contributed by atoms with Crippen molar-refractivity contribution >= 4 is 28.3 Å². The predicted octanol–water partition coefficient (Wildman–Crippen LogP) is 6.47. The Morgan fingerprint density at radius 1 is 1.00 bits per heavy atom. The number of aryl methyl sites for hydroxylation is 2. The Labute approximate surface area is 218 Å². The number of nitrogens with one attached hydrogen (secondary N) is 3. The number of likely N-dealkylation sites (tertiary alicyclic amines) is 1. The largest absolute Gasteiger partial charge is 0.490 e. The molecule has 1 aliphatic rings. The van der Waals surface area contributed by atoms with E-state index in [1.54, 1.807) is 0 Å². The molecule has 1 aliphatic heterocycles. The Balaban J connectivity index is 1.31. The molecule has 2 heterocycles. The summed E-state index contributed by atoms with van der Waals surface area (Å²) in [7, 11) is 2.15. The van der Waals surface area contributed by atoms with Gasteiger partial charge >= 0.3 is 6.03 Å². The van der Waals surface area contributed by atoms with Gasteiger partial charge in [0.15, 0.2) is 0 Å². The van der Waals surface area contributed by atoms with Crippen molar-refractivity contribution in [3.8, 4) is 17.0 Å².